The summed E-state index contributed by atoms with van der Waals surface area (Å²) >= 11 is 0. The minimum atomic E-state index is -1.16. The number of hydrogen-bond acceptors (Lipinski definition) is 8. The van der Waals surface area contributed by atoms with E-state index >= 15 is 0 Å². The Morgan fingerprint density at radius 3 is 2.48 bits per heavy atom. The molecule has 0 heterocycles. The first-order valence-electron chi connectivity index (χ1n) is 8.85. The molecule has 0 bridgehead atoms. The standard InChI is InChI=1S/C20H23NO8/c1-28-19-5-2-11(8-18(19)25)15(22)4-3-13-16(23)9-12(10-17(13)24)29-7-6-14(21)20(26)27/h2-5,9-11,14,19,23-24H,6-8,21H2,1H3,(H,26,27). The average Bonchev–Trinajstić information content (AvgIpc) is 2.66. The first-order valence-corrected chi connectivity index (χ1v) is 8.85. The lowest BCUT2D eigenvalue weighted by atomic mass is 9.89. The van der Waals surface area contributed by atoms with Gasteiger partial charge in [-0.1, -0.05) is 12.2 Å². The summed E-state index contributed by atoms with van der Waals surface area (Å²) in [5, 5.41) is 28.9. The molecule has 1 aliphatic carbocycles. The molecule has 9 nitrogen and oxygen atoms in total. The first-order chi connectivity index (χ1) is 13.7. The molecule has 156 valence electrons. The van der Waals surface area contributed by atoms with Gasteiger partial charge >= 0.3 is 5.97 Å². The Morgan fingerprint density at radius 1 is 1.28 bits per heavy atom. The number of phenols is 2. The molecular formula is C20H23NO8. The summed E-state index contributed by atoms with van der Waals surface area (Å²) in [5.41, 5.74) is 5.37. The zero-order valence-corrected chi connectivity index (χ0v) is 15.8. The van der Waals surface area contributed by atoms with Crippen molar-refractivity contribution in [2.75, 3.05) is 13.7 Å². The molecule has 9 heteroatoms. The van der Waals surface area contributed by atoms with Crippen LogP contribution in [-0.2, 0) is 19.1 Å². The highest BCUT2D eigenvalue weighted by Crippen LogP contribution is 2.34. The molecule has 0 radical (unpaired) electrons. The Morgan fingerprint density at radius 2 is 1.93 bits per heavy atom. The summed E-state index contributed by atoms with van der Waals surface area (Å²) in [7, 11) is 1.41. The highest BCUT2D eigenvalue weighted by Gasteiger charge is 2.26. The van der Waals surface area contributed by atoms with Crippen molar-refractivity contribution in [2.24, 2.45) is 11.7 Å². The van der Waals surface area contributed by atoms with Crippen LogP contribution in [0.4, 0.5) is 0 Å². The van der Waals surface area contributed by atoms with Gasteiger partial charge in [-0.25, -0.2) is 0 Å². The Hall–Kier alpha value is -3.17. The van der Waals surface area contributed by atoms with Crippen LogP contribution < -0.4 is 10.5 Å². The van der Waals surface area contributed by atoms with E-state index in [1.54, 1.807) is 6.08 Å². The van der Waals surface area contributed by atoms with Gasteiger partial charge in [0.2, 0.25) is 0 Å². The van der Waals surface area contributed by atoms with Crippen molar-refractivity contribution in [1.82, 2.24) is 0 Å². The van der Waals surface area contributed by atoms with Crippen molar-refractivity contribution in [3.8, 4) is 17.2 Å². The lowest BCUT2D eigenvalue weighted by Gasteiger charge is -2.18. The number of benzene rings is 1. The molecule has 0 spiro atoms. The van der Waals surface area contributed by atoms with E-state index in [4.69, 9.17) is 20.3 Å². The monoisotopic (exact) mass is 405 g/mol. The van der Waals surface area contributed by atoms with Gasteiger partial charge < -0.3 is 30.5 Å². The molecular weight excluding hydrogens is 382 g/mol. The SMILES string of the molecule is COC1C=CC(C(=O)C=Cc2c(O)cc(OCCC(N)C(=O)O)cc2O)CC1=O. The van der Waals surface area contributed by atoms with Crippen molar-refractivity contribution in [3.05, 3.63) is 35.9 Å². The fraction of sp³-hybridized carbons (Fsp3) is 0.350. The average molecular weight is 405 g/mol. The number of nitrogens with two attached hydrogens (primary N) is 1. The van der Waals surface area contributed by atoms with E-state index in [9.17, 15) is 24.6 Å². The molecule has 1 aromatic carbocycles. The van der Waals surface area contributed by atoms with Gasteiger partial charge in [0.25, 0.3) is 0 Å². The number of carbonyl (C=O) groups excluding carboxylic acids is 2. The maximum Gasteiger partial charge on any atom is 0.320 e. The van der Waals surface area contributed by atoms with Gasteiger partial charge in [0.05, 0.1) is 12.2 Å². The van der Waals surface area contributed by atoms with Crippen LogP contribution in [0.1, 0.15) is 18.4 Å². The van der Waals surface area contributed by atoms with Crippen LogP contribution in [0.2, 0.25) is 0 Å². The molecule has 0 amide bonds. The third-order valence-electron chi connectivity index (χ3n) is 4.41. The van der Waals surface area contributed by atoms with Crippen LogP contribution >= 0.6 is 0 Å². The third-order valence-corrected chi connectivity index (χ3v) is 4.41. The molecule has 1 aromatic rings. The second kappa shape index (κ2) is 9.85. The second-order valence-electron chi connectivity index (χ2n) is 6.51. The van der Waals surface area contributed by atoms with Crippen molar-refractivity contribution >= 4 is 23.6 Å². The highest BCUT2D eigenvalue weighted by atomic mass is 16.5. The van der Waals surface area contributed by atoms with E-state index in [0.717, 1.165) is 0 Å². The summed E-state index contributed by atoms with van der Waals surface area (Å²) in [6, 6.07) is 1.37. The zero-order chi connectivity index (χ0) is 21.6. The quantitative estimate of drug-likeness (QED) is 0.348. The number of rotatable bonds is 9. The molecule has 29 heavy (non-hydrogen) atoms. The number of aromatic hydroxyl groups is 2. The van der Waals surface area contributed by atoms with Gasteiger partial charge in [-0.15, -0.1) is 0 Å². The molecule has 0 saturated carbocycles. The van der Waals surface area contributed by atoms with E-state index in [0.29, 0.717) is 0 Å². The van der Waals surface area contributed by atoms with Crippen molar-refractivity contribution < 1.29 is 39.2 Å². The smallest absolute Gasteiger partial charge is 0.320 e. The number of allylic oxidation sites excluding steroid dienone is 2. The largest absolute Gasteiger partial charge is 0.507 e. The van der Waals surface area contributed by atoms with Gasteiger partial charge in [-0.2, -0.15) is 0 Å². The lowest BCUT2D eigenvalue weighted by molar-refractivity contribution is -0.138. The molecule has 3 unspecified atom stereocenters. The van der Waals surface area contributed by atoms with Crippen LogP contribution in [0.15, 0.2) is 30.4 Å². The number of Topliss-reactive ketones (excluding diaryl/α,β-unsaturated/α-hetero) is 1. The van der Waals surface area contributed by atoms with E-state index in [-0.39, 0.29) is 53.8 Å². The van der Waals surface area contributed by atoms with E-state index in [1.807, 2.05) is 0 Å². The van der Waals surface area contributed by atoms with Crippen LogP contribution in [-0.4, -0.2) is 58.7 Å². The molecule has 0 fully saturated rings. The number of carbonyl (C=O) groups is 3. The zero-order valence-electron chi connectivity index (χ0n) is 15.8. The fourth-order valence-electron chi connectivity index (χ4n) is 2.72. The Bertz CT molecular complexity index is 822. The van der Waals surface area contributed by atoms with Crippen molar-refractivity contribution in [1.29, 1.82) is 0 Å². The maximum atomic E-state index is 12.3. The minimum absolute atomic E-state index is 0.00817. The normalized spacial score (nSPS) is 20.0. The molecule has 0 aliphatic heterocycles. The van der Waals surface area contributed by atoms with E-state index in [1.165, 1.54) is 37.5 Å². The predicted molar refractivity (Wildman–Crippen MR) is 103 cm³/mol. The topological polar surface area (TPSA) is 156 Å². The number of carboxylic acids is 1. The summed E-state index contributed by atoms with van der Waals surface area (Å²) in [4.78, 5) is 34.8. The Balaban J connectivity index is 2.03. The van der Waals surface area contributed by atoms with Gasteiger partial charge in [-0.3, -0.25) is 14.4 Å². The lowest BCUT2D eigenvalue weighted by Crippen LogP contribution is -2.31. The van der Waals surface area contributed by atoms with Crippen LogP contribution in [0, 0.1) is 5.92 Å². The highest BCUT2D eigenvalue weighted by molar-refractivity contribution is 6.01. The van der Waals surface area contributed by atoms with E-state index < -0.39 is 24.0 Å². The summed E-state index contributed by atoms with van der Waals surface area (Å²) in [6.07, 6.45) is 4.97. The first kappa shape index (κ1) is 22.1. The van der Waals surface area contributed by atoms with Gasteiger partial charge in [-0.05, 0) is 12.2 Å². The van der Waals surface area contributed by atoms with Crippen molar-refractivity contribution in [2.45, 2.75) is 25.0 Å². The van der Waals surface area contributed by atoms with Gasteiger partial charge in [0.1, 0.15) is 29.4 Å². The molecule has 3 atom stereocenters. The molecule has 1 aliphatic rings. The van der Waals surface area contributed by atoms with Crippen molar-refractivity contribution in [3.63, 3.8) is 0 Å². The second-order valence-corrected chi connectivity index (χ2v) is 6.51. The number of carboxylic acid groups (broad SMARTS) is 1. The van der Waals surface area contributed by atoms with Crippen LogP contribution in [0.25, 0.3) is 6.08 Å². The number of ether oxygens (including phenoxy) is 2. The number of phenolic OH excluding ortho intramolecular Hbond substituents is 2. The van der Waals surface area contributed by atoms with Gasteiger partial charge in [0.15, 0.2) is 11.6 Å². The predicted octanol–water partition coefficient (Wildman–Crippen LogP) is 1.02. The van der Waals surface area contributed by atoms with Gasteiger partial charge in [0, 0.05) is 38.0 Å². The number of aliphatic carboxylic acids is 1. The maximum absolute atomic E-state index is 12.3. The fourth-order valence-corrected chi connectivity index (χ4v) is 2.72. The molecule has 0 aromatic heterocycles. The van der Waals surface area contributed by atoms with Crippen LogP contribution in [0.3, 0.4) is 0 Å². The minimum Gasteiger partial charge on any atom is -0.507 e. The Labute approximate surface area is 167 Å². The molecule has 5 N–H and O–H groups in total. The van der Waals surface area contributed by atoms with Crippen LogP contribution in [0.5, 0.6) is 17.2 Å². The Kier molecular flexibility index (Phi) is 7.52. The van der Waals surface area contributed by atoms with E-state index in [2.05, 4.69) is 0 Å². The molecule has 2 rings (SSSR count). The molecule has 0 saturated heterocycles. The summed E-state index contributed by atoms with van der Waals surface area (Å²) in [5.74, 6) is -2.88. The number of hydrogen-bond donors (Lipinski definition) is 4. The summed E-state index contributed by atoms with van der Waals surface area (Å²) < 4.78 is 10.3. The summed E-state index contributed by atoms with van der Waals surface area (Å²) in [6.45, 7) is -0.0233. The number of ketones is 2. The number of methoxy groups -OCH3 is 1. The third kappa shape index (κ3) is 5.90.